The van der Waals surface area contributed by atoms with Crippen molar-refractivity contribution >= 4 is 15.9 Å². The lowest BCUT2D eigenvalue weighted by Gasteiger charge is -2.06. The summed E-state index contributed by atoms with van der Waals surface area (Å²) in [5, 5.41) is 4.72. The molecule has 84 valence electrons. The van der Waals surface area contributed by atoms with Crippen molar-refractivity contribution in [2.75, 3.05) is 18.9 Å². The molecule has 1 rings (SSSR count). The number of nitrogens with one attached hydrogen (secondary N) is 1. The van der Waals surface area contributed by atoms with Crippen molar-refractivity contribution in [2.45, 2.75) is 0 Å². The quantitative estimate of drug-likeness (QED) is 0.466. The highest BCUT2D eigenvalue weighted by molar-refractivity contribution is 7.87. The second-order valence-corrected chi connectivity index (χ2v) is 4.24. The number of rotatable bonds is 5. The summed E-state index contributed by atoms with van der Waals surface area (Å²) in [6, 6.07) is 6.80. The number of hydrogen-bond donors (Lipinski definition) is 3. The van der Waals surface area contributed by atoms with Crippen LogP contribution in [0.15, 0.2) is 24.3 Å². The number of benzene rings is 1. The third-order valence-electron chi connectivity index (χ3n) is 1.55. The van der Waals surface area contributed by atoms with Crippen molar-refractivity contribution in [3.05, 3.63) is 24.3 Å². The van der Waals surface area contributed by atoms with Crippen molar-refractivity contribution in [3.8, 4) is 5.75 Å². The minimum Gasteiger partial charge on any atom is -0.492 e. The van der Waals surface area contributed by atoms with Crippen LogP contribution in [0.25, 0.3) is 0 Å². The molecule has 0 aliphatic rings. The van der Waals surface area contributed by atoms with Crippen LogP contribution in [0.5, 0.6) is 5.75 Å². The highest BCUT2D eigenvalue weighted by Gasteiger charge is 1.99. The van der Waals surface area contributed by atoms with Gasteiger partial charge in [-0.2, -0.15) is 13.1 Å². The van der Waals surface area contributed by atoms with Crippen LogP contribution in [-0.4, -0.2) is 21.6 Å². The molecule has 5 N–H and O–H groups in total. The molecule has 7 heteroatoms. The average molecular weight is 231 g/mol. The zero-order chi connectivity index (χ0) is 11.3. The van der Waals surface area contributed by atoms with Crippen LogP contribution in [0.2, 0.25) is 0 Å². The van der Waals surface area contributed by atoms with Gasteiger partial charge in [0.25, 0.3) is 10.2 Å². The lowest BCUT2D eigenvalue weighted by Crippen LogP contribution is -2.33. The van der Waals surface area contributed by atoms with Crippen molar-refractivity contribution in [3.63, 3.8) is 0 Å². The largest absolute Gasteiger partial charge is 0.492 e. The van der Waals surface area contributed by atoms with E-state index in [4.69, 9.17) is 15.6 Å². The zero-order valence-electron chi connectivity index (χ0n) is 8.01. The molecule has 0 aliphatic heterocycles. The second-order valence-electron chi connectivity index (χ2n) is 2.86. The molecule has 0 saturated carbocycles. The van der Waals surface area contributed by atoms with E-state index in [1.165, 1.54) is 0 Å². The van der Waals surface area contributed by atoms with Gasteiger partial charge in [0, 0.05) is 12.2 Å². The minimum atomic E-state index is -3.64. The number of nitrogen functional groups attached to an aromatic ring is 1. The van der Waals surface area contributed by atoms with Gasteiger partial charge in [-0.15, -0.1) is 0 Å². The fourth-order valence-electron chi connectivity index (χ4n) is 0.917. The molecule has 0 saturated heterocycles. The molecule has 0 heterocycles. The summed E-state index contributed by atoms with van der Waals surface area (Å²) >= 11 is 0. The van der Waals surface area contributed by atoms with Gasteiger partial charge in [-0.1, -0.05) is 0 Å². The molecule has 0 bridgehead atoms. The summed E-state index contributed by atoms with van der Waals surface area (Å²) in [5.74, 6) is 0.625. The van der Waals surface area contributed by atoms with Crippen molar-refractivity contribution in [2.24, 2.45) is 5.14 Å². The molecule has 0 aliphatic carbocycles. The molecule has 6 nitrogen and oxygen atoms in total. The van der Waals surface area contributed by atoms with Gasteiger partial charge in [0.1, 0.15) is 12.4 Å². The zero-order valence-corrected chi connectivity index (χ0v) is 8.83. The molecule has 0 atom stereocenters. The van der Waals surface area contributed by atoms with Crippen molar-refractivity contribution in [1.29, 1.82) is 0 Å². The molecule has 1 aromatic carbocycles. The second kappa shape index (κ2) is 4.96. The fraction of sp³-hybridized carbons (Fsp3) is 0.250. The van der Waals surface area contributed by atoms with Gasteiger partial charge in [-0.25, -0.2) is 5.14 Å². The maximum atomic E-state index is 10.5. The average Bonchev–Trinajstić information content (AvgIpc) is 2.14. The predicted octanol–water partition coefficient (Wildman–Crippen LogP) is -0.559. The Morgan fingerprint density at radius 1 is 1.27 bits per heavy atom. The van der Waals surface area contributed by atoms with Crippen LogP contribution in [0.4, 0.5) is 5.69 Å². The molecule has 0 radical (unpaired) electrons. The minimum absolute atomic E-state index is 0.128. The molecule has 0 unspecified atom stereocenters. The topological polar surface area (TPSA) is 107 Å². The van der Waals surface area contributed by atoms with Gasteiger partial charge in [0.15, 0.2) is 0 Å². The SMILES string of the molecule is Nc1ccc(OCCNS(N)(=O)=O)cc1. The molecule has 0 spiro atoms. The van der Waals surface area contributed by atoms with Crippen LogP contribution in [0, 0.1) is 0 Å². The Hall–Kier alpha value is -1.31. The van der Waals surface area contributed by atoms with Crippen molar-refractivity contribution in [1.82, 2.24) is 4.72 Å². The van der Waals surface area contributed by atoms with Crippen LogP contribution >= 0.6 is 0 Å². The lowest BCUT2D eigenvalue weighted by atomic mass is 10.3. The van der Waals surface area contributed by atoms with E-state index in [0.717, 1.165) is 0 Å². The highest BCUT2D eigenvalue weighted by atomic mass is 32.2. The van der Waals surface area contributed by atoms with E-state index >= 15 is 0 Å². The van der Waals surface area contributed by atoms with E-state index < -0.39 is 10.2 Å². The van der Waals surface area contributed by atoms with Gasteiger partial charge >= 0.3 is 0 Å². The van der Waals surface area contributed by atoms with Gasteiger partial charge < -0.3 is 10.5 Å². The molecule has 0 amide bonds. The Bertz CT molecular complexity index is 402. The first kappa shape index (κ1) is 11.8. The molecule has 0 fully saturated rings. The first-order valence-electron chi connectivity index (χ1n) is 4.23. The van der Waals surface area contributed by atoms with E-state index in [-0.39, 0.29) is 13.2 Å². The highest BCUT2D eigenvalue weighted by Crippen LogP contribution is 2.12. The van der Waals surface area contributed by atoms with Crippen LogP contribution in [0.1, 0.15) is 0 Å². The number of hydrogen-bond acceptors (Lipinski definition) is 4. The van der Waals surface area contributed by atoms with Gasteiger partial charge in [0.2, 0.25) is 0 Å². The maximum Gasteiger partial charge on any atom is 0.274 e. The summed E-state index contributed by atoms with van der Waals surface area (Å²) in [6.07, 6.45) is 0. The Morgan fingerprint density at radius 2 is 1.87 bits per heavy atom. The summed E-state index contributed by atoms with van der Waals surface area (Å²) in [7, 11) is -3.64. The summed E-state index contributed by atoms with van der Waals surface area (Å²) in [4.78, 5) is 0. The summed E-state index contributed by atoms with van der Waals surface area (Å²) < 4.78 is 28.3. The van der Waals surface area contributed by atoms with Crippen LogP contribution in [0.3, 0.4) is 0 Å². The third-order valence-corrected chi connectivity index (χ3v) is 2.16. The van der Waals surface area contributed by atoms with E-state index in [2.05, 4.69) is 4.72 Å². The summed E-state index contributed by atoms with van der Waals surface area (Å²) in [5.41, 5.74) is 6.12. The van der Waals surface area contributed by atoms with Gasteiger partial charge in [0.05, 0.1) is 0 Å². The van der Waals surface area contributed by atoms with E-state index in [1.54, 1.807) is 24.3 Å². The monoisotopic (exact) mass is 231 g/mol. The summed E-state index contributed by atoms with van der Waals surface area (Å²) in [6.45, 7) is 0.337. The van der Waals surface area contributed by atoms with Crippen LogP contribution < -0.4 is 20.3 Å². The molecule has 15 heavy (non-hydrogen) atoms. The van der Waals surface area contributed by atoms with Crippen LogP contribution in [-0.2, 0) is 10.2 Å². The van der Waals surface area contributed by atoms with Crippen molar-refractivity contribution < 1.29 is 13.2 Å². The van der Waals surface area contributed by atoms with Gasteiger partial charge in [-0.05, 0) is 24.3 Å². The number of anilines is 1. The standard InChI is InChI=1S/C8H13N3O3S/c9-7-1-3-8(4-2-7)14-6-5-11-15(10,12)13/h1-4,11H,5-6,9H2,(H2,10,12,13). The fourth-order valence-corrected chi connectivity index (χ4v) is 1.28. The molecular formula is C8H13N3O3S. The Balaban J connectivity index is 2.29. The maximum absolute atomic E-state index is 10.5. The Morgan fingerprint density at radius 3 is 2.40 bits per heavy atom. The third kappa shape index (κ3) is 5.21. The normalized spacial score (nSPS) is 11.3. The number of nitrogens with two attached hydrogens (primary N) is 2. The molecule has 1 aromatic rings. The smallest absolute Gasteiger partial charge is 0.274 e. The first-order valence-corrected chi connectivity index (χ1v) is 5.78. The molecule has 0 aromatic heterocycles. The molecular weight excluding hydrogens is 218 g/mol. The van der Waals surface area contributed by atoms with Gasteiger partial charge in [-0.3, -0.25) is 0 Å². The first-order chi connectivity index (χ1) is 6.97. The van der Waals surface area contributed by atoms with E-state index in [9.17, 15) is 8.42 Å². The van der Waals surface area contributed by atoms with E-state index in [0.29, 0.717) is 11.4 Å². The predicted molar refractivity (Wildman–Crippen MR) is 57.5 cm³/mol. The Kier molecular flexibility index (Phi) is 3.89. The Labute approximate surface area is 88.4 Å². The number of ether oxygens (including phenoxy) is 1. The van der Waals surface area contributed by atoms with E-state index in [1.807, 2.05) is 0 Å². The lowest BCUT2D eigenvalue weighted by molar-refractivity contribution is 0.323.